The van der Waals surface area contributed by atoms with Crippen LogP contribution in [0.15, 0.2) is 0 Å². The summed E-state index contributed by atoms with van der Waals surface area (Å²) < 4.78 is 0. The van der Waals surface area contributed by atoms with Gasteiger partial charge in [-0.15, -0.1) is 11.8 Å². The Morgan fingerprint density at radius 2 is 2.31 bits per heavy atom. The van der Waals surface area contributed by atoms with Gasteiger partial charge in [-0.25, -0.2) is 0 Å². The zero-order valence-corrected chi connectivity index (χ0v) is 9.11. The van der Waals surface area contributed by atoms with Crippen molar-refractivity contribution in [2.45, 2.75) is 39.5 Å². The predicted octanol–water partition coefficient (Wildman–Crippen LogP) is 2.43. The van der Waals surface area contributed by atoms with Gasteiger partial charge in [-0.3, -0.25) is 0 Å². The Hall–Kier alpha value is -0.480. The molecule has 0 amide bonds. The van der Waals surface area contributed by atoms with Gasteiger partial charge < -0.3 is 5.32 Å². The van der Waals surface area contributed by atoms with E-state index in [-0.39, 0.29) is 0 Å². The highest BCUT2D eigenvalue weighted by atomic mass is 14.8. The largest absolute Gasteiger partial charge is 0.319 e. The lowest BCUT2D eigenvalue weighted by molar-refractivity contribution is 0.217. The lowest BCUT2D eigenvalue weighted by Gasteiger charge is -2.31. The first-order valence-electron chi connectivity index (χ1n) is 5.29. The van der Waals surface area contributed by atoms with Gasteiger partial charge in [0.05, 0.1) is 0 Å². The second kappa shape index (κ2) is 4.67. The molecule has 1 N–H and O–H groups in total. The molecule has 0 aromatic heterocycles. The lowest BCUT2D eigenvalue weighted by Crippen LogP contribution is -2.34. The fraction of sp³-hybridized carbons (Fsp3) is 0.833. The van der Waals surface area contributed by atoms with E-state index in [2.05, 4.69) is 24.1 Å². The summed E-state index contributed by atoms with van der Waals surface area (Å²) in [5.74, 6) is 7.11. The highest BCUT2D eigenvalue weighted by molar-refractivity contribution is 5.04. The summed E-state index contributed by atoms with van der Waals surface area (Å²) in [4.78, 5) is 0. The molecule has 1 saturated carbocycles. The average Bonchev–Trinajstić information content (AvgIpc) is 2.46. The Balaban J connectivity index is 2.65. The van der Waals surface area contributed by atoms with Crippen LogP contribution in [0.3, 0.4) is 0 Å². The lowest BCUT2D eigenvalue weighted by atomic mass is 9.76. The highest BCUT2D eigenvalue weighted by Crippen LogP contribution is 2.45. The third-order valence-electron chi connectivity index (χ3n) is 3.50. The van der Waals surface area contributed by atoms with E-state index in [1.54, 1.807) is 0 Å². The zero-order chi connectivity index (χ0) is 9.73. The predicted molar refractivity (Wildman–Crippen MR) is 57.4 cm³/mol. The maximum Gasteiger partial charge on any atom is 0.0160 e. The van der Waals surface area contributed by atoms with E-state index < -0.39 is 0 Å². The third kappa shape index (κ3) is 2.25. The molecule has 0 spiro atoms. The molecule has 74 valence electrons. The maximum atomic E-state index is 3.32. The highest BCUT2D eigenvalue weighted by Gasteiger charge is 2.38. The molecular formula is C12H21N. The van der Waals surface area contributed by atoms with Gasteiger partial charge in [-0.05, 0) is 31.7 Å². The molecule has 2 atom stereocenters. The Labute approximate surface area is 82.3 Å². The molecule has 0 aromatic rings. The summed E-state index contributed by atoms with van der Waals surface area (Å²) in [5.41, 5.74) is 0.470. The maximum absolute atomic E-state index is 3.32. The van der Waals surface area contributed by atoms with Crippen LogP contribution in [0.25, 0.3) is 0 Å². The summed E-state index contributed by atoms with van der Waals surface area (Å²) in [5, 5.41) is 3.32. The van der Waals surface area contributed by atoms with Gasteiger partial charge in [0.25, 0.3) is 0 Å². The van der Waals surface area contributed by atoms with Crippen LogP contribution in [0.1, 0.15) is 39.5 Å². The molecule has 1 nitrogen and oxygen atoms in total. The van der Waals surface area contributed by atoms with Crippen molar-refractivity contribution in [3.05, 3.63) is 0 Å². The van der Waals surface area contributed by atoms with Crippen LogP contribution < -0.4 is 5.32 Å². The van der Waals surface area contributed by atoms with Gasteiger partial charge in [0.2, 0.25) is 0 Å². The molecule has 1 aliphatic rings. The van der Waals surface area contributed by atoms with Gasteiger partial charge >= 0.3 is 0 Å². The van der Waals surface area contributed by atoms with Crippen LogP contribution in [-0.4, -0.2) is 13.6 Å². The van der Waals surface area contributed by atoms with Gasteiger partial charge in [-0.2, -0.15) is 0 Å². The van der Waals surface area contributed by atoms with Crippen molar-refractivity contribution in [3.63, 3.8) is 0 Å². The van der Waals surface area contributed by atoms with Crippen LogP contribution in [0.2, 0.25) is 0 Å². The summed E-state index contributed by atoms with van der Waals surface area (Å²) in [6, 6.07) is 0. The molecule has 0 heterocycles. The van der Waals surface area contributed by atoms with Crippen molar-refractivity contribution in [3.8, 4) is 11.8 Å². The van der Waals surface area contributed by atoms with Crippen LogP contribution in [0.5, 0.6) is 0 Å². The van der Waals surface area contributed by atoms with Crippen LogP contribution in [0.4, 0.5) is 0 Å². The van der Waals surface area contributed by atoms with Gasteiger partial charge in [0, 0.05) is 13.0 Å². The molecule has 2 unspecified atom stereocenters. The minimum Gasteiger partial charge on any atom is -0.319 e. The third-order valence-corrected chi connectivity index (χ3v) is 3.50. The minimum atomic E-state index is 0.470. The van der Waals surface area contributed by atoms with Crippen LogP contribution in [0, 0.1) is 23.2 Å². The molecule has 0 radical (unpaired) electrons. The molecule has 1 aliphatic carbocycles. The molecule has 13 heavy (non-hydrogen) atoms. The van der Waals surface area contributed by atoms with Crippen molar-refractivity contribution >= 4 is 0 Å². The zero-order valence-electron chi connectivity index (χ0n) is 9.11. The fourth-order valence-electron chi connectivity index (χ4n) is 2.52. The van der Waals surface area contributed by atoms with E-state index in [4.69, 9.17) is 0 Å². The van der Waals surface area contributed by atoms with Crippen molar-refractivity contribution < 1.29 is 0 Å². The number of rotatable bonds is 3. The van der Waals surface area contributed by atoms with Crippen molar-refractivity contribution in [1.29, 1.82) is 0 Å². The van der Waals surface area contributed by atoms with E-state index in [0.717, 1.165) is 18.9 Å². The Morgan fingerprint density at radius 3 is 2.77 bits per heavy atom. The quantitative estimate of drug-likeness (QED) is 0.656. The first-order valence-corrected chi connectivity index (χ1v) is 5.29. The monoisotopic (exact) mass is 179 g/mol. The summed E-state index contributed by atoms with van der Waals surface area (Å²) in [6.45, 7) is 5.44. The molecule has 0 aliphatic heterocycles. The van der Waals surface area contributed by atoms with Gasteiger partial charge in [-0.1, -0.05) is 19.8 Å². The smallest absolute Gasteiger partial charge is 0.0160 e. The molecule has 1 rings (SSSR count). The van der Waals surface area contributed by atoms with Gasteiger partial charge in [0.1, 0.15) is 0 Å². The average molecular weight is 179 g/mol. The Bertz CT molecular complexity index is 211. The second-order valence-corrected chi connectivity index (χ2v) is 4.29. The minimum absolute atomic E-state index is 0.470. The molecule has 0 aromatic carbocycles. The molecular weight excluding hydrogens is 158 g/mol. The van der Waals surface area contributed by atoms with Crippen LogP contribution in [-0.2, 0) is 0 Å². The normalized spacial score (nSPS) is 32.7. The van der Waals surface area contributed by atoms with Crippen molar-refractivity contribution in [2.24, 2.45) is 11.3 Å². The Morgan fingerprint density at radius 1 is 1.54 bits per heavy atom. The Kier molecular flexibility index (Phi) is 3.81. The number of hydrogen-bond acceptors (Lipinski definition) is 1. The second-order valence-electron chi connectivity index (χ2n) is 4.29. The SMILES string of the molecule is CC#CCC1(CNC)CCCC1C. The number of nitrogens with one attached hydrogen (secondary N) is 1. The molecule has 0 bridgehead atoms. The van der Waals surface area contributed by atoms with Crippen molar-refractivity contribution in [1.82, 2.24) is 5.32 Å². The first-order chi connectivity index (χ1) is 6.25. The standard InChI is InChI=1S/C12H21N/c1-4-5-8-12(10-13-3)9-6-7-11(12)2/h11,13H,6-10H2,1-3H3. The van der Waals surface area contributed by atoms with E-state index in [1.807, 2.05) is 14.0 Å². The van der Waals surface area contributed by atoms with Gasteiger partial charge in [0.15, 0.2) is 0 Å². The molecule has 0 saturated heterocycles. The van der Waals surface area contributed by atoms with E-state index >= 15 is 0 Å². The van der Waals surface area contributed by atoms with E-state index in [0.29, 0.717) is 5.41 Å². The number of hydrogen-bond donors (Lipinski definition) is 1. The van der Waals surface area contributed by atoms with E-state index in [9.17, 15) is 0 Å². The van der Waals surface area contributed by atoms with Crippen molar-refractivity contribution in [2.75, 3.05) is 13.6 Å². The van der Waals surface area contributed by atoms with Crippen LogP contribution >= 0.6 is 0 Å². The summed E-state index contributed by atoms with van der Waals surface area (Å²) in [7, 11) is 2.05. The molecule has 1 heteroatoms. The summed E-state index contributed by atoms with van der Waals surface area (Å²) in [6.07, 6.45) is 5.19. The van der Waals surface area contributed by atoms with E-state index in [1.165, 1.54) is 19.3 Å². The fourth-order valence-corrected chi connectivity index (χ4v) is 2.52. The summed E-state index contributed by atoms with van der Waals surface area (Å²) >= 11 is 0. The molecule has 1 fully saturated rings. The first kappa shape index (κ1) is 10.6. The topological polar surface area (TPSA) is 12.0 Å².